The second-order valence-electron chi connectivity index (χ2n) is 9.62. The maximum absolute atomic E-state index is 4.28. The average Bonchev–Trinajstić information content (AvgIpc) is 2.92. The van der Waals surface area contributed by atoms with E-state index in [0.29, 0.717) is 0 Å². The molecular formula is C35H43N3. The lowest BCUT2D eigenvalue weighted by Crippen LogP contribution is -2.18. The Morgan fingerprint density at radius 2 is 0.605 bits per heavy atom. The molecule has 1 heterocycles. The van der Waals surface area contributed by atoms with Gasteiger partial charge < -0.3 is 0 Å². The third kappa shape index (κ3) is 17.3. The van der Waals surface area contributed by atoms with E-state index in [2.05, 4.69) is 73.8 Å². The SMILES string of the molecule is Cc1ccccc1.Cc1ccccc1.Cc1nc(C)nc(C(C)(C)C)n1.c1ccccc1.c1ccccc1. The Hall–Kier alpha value is -4.11. The van der Waals surface area contributed by atoms with Crippen LogP contribution in [0.5, 0.6) is 0 Å². The number of hydrogen-bond acceptors (Lipinski definition) is 3. The largest absolute Gasteiger partial charge is 0.219 e. The molecule has 0 aliphatic rings. The van der Waals surface area contributed by atoms with Crippen LogP contribution in [0.3, 0.4) is 0 Å². The fourth-order valence-corrected chi connectivity index (χ4v) is 2.79. The summed E-state index contributed by atoms with van der Waals surface area (Å²) in [4.78, 5) is 12.7. The molecule has 0 N–H and O–H groups in total. The van der Waals surface area contributed by atoms with E-state index in [4.69, 9.17) is 0 Å². The Kier molecular flexibility index (Phi) is 16.0. The van der Waals surface area contributed by atoms with Gasteiger partial charge in [0.25, 0.3) is 0 Å². The van der Waals surface area contributed by atoms with E-state index in [1.54, 1.807) is 0 Å². The number of hydrogen-bond donors (Lipinski definition) is 0. The summed E-state index contributed by atoms with van der Waals surface area (Å²) in [7, 11) is 0. The molecule has 0 atom stereocenters. The molecule has 0 aliphatic heterocycles. The molecule has 1 aromatic heterocycles. The first-order valence-corrected chi connectivity index (χ1v) is 12.9. The first-order valence-electron chi connectivity index (χ1n) is 12.9. The smallest absolute Gasteiger partial charge is 0.137 e. The monoisotopic (exact) mass is 505 g/mol. The van der Waals surface area contributed by atoms with E-state index >= 15 is 0 Å². The number of rotatable bonds is 0. The molecule has 3 nitrogen and oxygen atoms in total. The molecular weight excluding hydrogens is 462 g/mol. The van der Waals surface area contributed by atoms with Crippen molar-refractivity contribution in [1.29, 1.82) is 0 Å². The van der Waals surface area contributed by atoms with Crippen molar-refractivity contribution >= 4 is 0 Å². The van der Waals surface area contributed by atoms with Gasteiger partial charge >= 0.3 is 0 Å². The van der Waals surface area contributed by atoms with Gasteiger partial charge in [0.1, 0.15) is 17.5 Å². The predicted molar refractivity (Wildman–Crippen MR) is 163 cm³/mol. The molecule has 0 unspecified atom stereocenters. The maximum atomic E-state index is 4.28. The van der Waals surface area contributed by atoms with Crippen molar-refractivity contribution < 1.29 is 0 Å². The highest BCUT2D eigenvalue weighted by Crippen LogP contribution is 2.17. The molecule has 4 aromatic carbocycles. The third-order valence-electron chi connectivity index (χ3n) is 4.74. The van der Waals surface area contributed by atoms with Crippen molar-refractivity contribution in [1.82, 2.24) is 15.0 Å². The van der Waals surface area contributed by atoms with Crippen molar-refractivity contribution in [2.24, 2.45) is 0 Å². The summed E-state index contributed by atoms with van der Waals surface area (Å²) in [6.07, 6.45) is 0. The van der Waals surface area contributed by atoms with E-state index in [-0.39, 0.29) is 5.41 Å². The van der Waals surface area contributed by atoms with Crippen LogP contribution in [0.4, 0.5) is 0 Å². The highest BCUT2D eigenvalue weighted by Gasteiger charge is 2.17. The molecule has 0 amide bonds. The van der Waals surface area contributed by atoms with Crippen LogP contribution in [0.25, 0.3) is 0 Å². The Morgan fingerprint density at radius 1 is 0.368 bits per heavy atom. The second-order valence-corrected chi connectivity index (χ2v) is 9.62. The highest BCUT2D eigenvalue weighted by molar-refractivity contribution is 5.12. The van der Waals surface area contributed by atoms with Crippen molar-refractivity contribution in [3.63, 3.8) is 0 Å². The third-order valence-corrected chi connectivity index (χ3v) is 4.74. The van der Waals surface area contributed by atoms with Gasteiger partial charge in [0.05, 0.1) is 0 Å². The summed E-state index contributed by atoms with van der Waals surface area (Å²) in [6, 6.07) is 44.5. The summed E-state index contributed by atoms with van der Waals surface area (Å²) >= 11 is 0. The number of aryl methyl sites for hydroxylation is 4. The summed E-state index contributed by atoms with van der Waals surface area (Å²) < 4.78 is 0. The Bertz CT molecular complexity index is 1060. The van der Waals surface area contributed by atoms with E-state index in [1.165, 1.54) is 11.1 Å². The van der Waals surface area contributed by atoms with Gasteiger partial charge in [-0.05, 0) is 27.7 Å². The summed E-state index contributed by atoms with van der Waals surface area (Å²) in [5, 5.41) is 0. The van der Waals surface area contributed by atoms with Crippen LogP contribution in [0.15, 0.2) is 133 Å². The van der Waals surface area contributed by atoms with Crippen LogP contribution in [0.1, 0.15) is 49.4 Å². The van der Waals surface area contributed by atoms with Gasteiger partial charge in [-0.25, -0.2) is 15.0 Å². The summed E-state index contributed by atoms with van der Waals surface area (Å²) in [6.45, 7) is 14.2. The molecule has 0 bridgehead atoms. The quantitative estimate of drug-likeness (QED) is 0.211. The molecule has 0 aliphatic carbocycles. The fourth-order valence-electron chi connectivity index (χ4n) is 2.79. The predicted octanol–water partition coefficient (Wildman–Crippen LogP) is 9.15. The Balaban J connectivity index is 0.000000245. The zero-order chi connectivity index (χ0) is 28.1. The normalized spacial score (nSPS) is 9.45. The number of benzene rings is 4. The lowest BCUT2D eigenvalue weighted by molar-refractivity contribution is 0.534. The molecule has 0 saturated carbocycles. The van der Waals surface area contributed by atoms with Gasteiger partial charge in [-0.15, -0.1) is 0 Å². The number of aromatic nitrogens is 3. The van der Waals surface area contributed by atoms with Crippen molar-refractivity contribution in [3.05, 3.63) is 162 Å². The van der Waals surface area contributed by atoms with Gasteiger partial charge in [0.2, 0.25) is 0 Å². The first kappa shape index (κ1) is 31.9. The minimum absolute atomic E-state index is 0.0124. The van der Waals surface area contributed by atoms with Gasteiger partial charge in [-0.3, -0.25) is 0 Å². The van der Waals surface area contributed by atoms with Gasteiger partial charge in [0.15, 0.2) is 0 Å². The van der Waals surface area contributed by atoms with Crippen LogP contribution in [0.2, 0.25) is 0 Å². The average molecular weight is 506 g/mol. The maximum Gasteiger partial charge on any atom is 0.137 e. The molecule has 0 saturated heterocycles. The Labute approximate surface area is 230 Å². The first-order chi connectivity index (χ1) is 18.2. The summed E-state index contributed by atoms with van der Waals surface area (Å²) in [5.74, 6) is 2.47. The summed E-state index contributed by atoms with van der Waals surface area (Å²) in [5.41, 5.74) is 2.66. The lowest BCUT2D eigenvalue weighted by atomic mass is 9.96. The molecule has 0 spiro atoms. The zero-order valence-corrected chi connectivity index (χ0v) is 24.0. The lowest BCUT2D eigenvalue weighted by Gasteiger charge is -2.16. The second kappa shape index (κ2) is 19.1. The fraction of sp³-hybridized carbons (Fsp3) is 0.229. The topological polar surface area (TPSA) is 38.7 Å². The van der Waals surface area contributed by atoms with E-state index in [1.807, 2.05) is 123 Å². The standard InChI is InChI=1S/C9H15N3.2C7H8.2C6H6/c1-6-10-7(2)12-8(11-6)9(3,4)5;2*1-7-5-3-2-4-6-7;2*1-2-4-6-5-3-1/h1-5H3;2*2-6H,1H3;2*1-6H. The molecule has 38 heavy (non-hydrogen) atoms. The molecule has 5 aromatic rings. The van der Waals surface area contributed by atoms with Crippen LogP contribution >= 0.6 is 0 Å². The van der Waals surface area contributed by atoms with Crippen LogP contribution in [0, 0.1) is 27.7 Å². The number of nitrogens with zero attached hydrogens (tertiary/aromatic N) is 3. The molecule has 0 fully saturated rings. The van der Waals surface area contributed by atoms with Gasteiger partial charge in [0, 0.05) is 5.41 Å². The van der Waals surface area contributed by atoms with Gasteiger partial charge in [-0.2, -0.15) is 0 Å². The Morgan fingerprint density at radius 3 is 0.789 bits per heavy atom. The van der Waals surface area contributed by atoms with Crippen LogP contribution < -0.4 is 0 Å². The van der Waals surface area contributed by atoms with Crippen molar-refractivity contribution in [2.45, 2.75) is 53.9 Å². The van der Waals surface area contributed by atoms with E-state index in [0.717, 1.165) is 17.5 Å². The molecule has 5 rings (SSSR count). The highest BCUT2D eigenvalue weighted by atomic mass is 15.0. The van der Waals surface area contributed by atoms with Crippen molar-refractivity contribution in [3.8, 4) is 0 Å². The molecule has 198 valence electrons. The van der Waals surface area contributed by atoms with Gasteiger partial charge in [-0.1, -0.05) is 165 Å². The minimum Gasteiger partial charge on any atom is -0.219 e. The molecule has 3 heteroatoms. The zero-order valence-electron chi connectivity index (χ0n) is 24.0. The van der Waals surface area contributed by atoms with E-state index < -0.39 is 0 Å². The van der Waals surface area contributed by atoms with E-state index in [9.17, 15) is 0 Å². The minimum atomic E-state index is 0.0124. The van der Waals surface area contributed by atoms with Crippen molar-refractivity contribution in [2.75, 3.05) is 0 Å². The van der Waals surface area contributed by atoms with Crippen LogP contribution in [-0.2, 0) is 5.41 Å². The molecule has 0 radical (unpaired) electrons. The van der Waals surface area contributed by atoms with Crippen LogP contribution in [-0.4, -0.2) is 15.0 Å².